The van der Waals surface area contributed by atoms with Crippen LogP contribution in [-0.4, -0.2) is 55.6 Å². The van der Waals surface area contributed by atoms with Crippen LogP contribution in [-0.2, 0) is 14.3 Å². The van der Waals surface area contributed by atoms with Crippen molar-refractivity contribution in [1.29, 1.82) is 0 Å². The molecule has 108 valence electrons. The fourth-order valence-corrected chi connectivity index (χ4v) is 1.45. The standard InChI is InChI=1S/C12H21N3O4/c1-3-19-11(17)6-7-15(2)8-10(16)14-12(18)13-9-4-5-9/h9H,3-8H2,1-2H3,(H2,13,14,16,18). The second-order valence-corrected chi connectivity index (χ2v) is 4.59. The molecule has 7 heteroatoms. The number of esters is 1. The molecular formula is C12H21N3O4. The van der Waals surface area contributed by atoms with E-state index in [-0.39, 0.29) is 30.9 Å². The Morgan fingerprint density at radius 1 is 1.32 bits per heavy atom. The molecule has 0 aromatic carbocycles. The van der Waals surface area contributed by atoms with E-state index in [0.717, 1.165) is 12.8 Å². The van der Waals surface area contributed by atoms with Gasteiger partial charge in [0.1, 0.15) is 0 Å². The highest BCUT2D eigenvalue weighted by Gasteiger charge is 2.24. The molecule has 0 radical (unpaired) electrons. The largest absolute Gasteiger partial charge is 0.466 e. The summed E-state index contributed by atoms with van der Waals surface area (Å²) in [7, 11) is 1.71. The summed E-state index contributed by atoms with van der Waals surface area (Å²) in [5, 5.41) is 4.91. The number of carbonyl (C=O) groups excluding carboxylic acids is 3. The Morgan fingerprint density at radius 2 is 2.00 bits per heavy atom. The fourth-order valence-electron chi connectivity index (χ4n) is 1.45. The summed E-state index contributed by atoms with van der Waals surface area (Å²) in [4.78, 5) is 35.6. The Morgan fingerprint density at radius 3 is 2.58 bits per heavy atom. The van der Waals surface area contributed by atoms with Crippen molar-refractivity contribution < 1.29 is 19.1 Å². The molecule has 2 N–H and O–H groups in total. The number of hydrogen-bond acceptors (Lipinski definition) is 5. The minimum atomic E-state index is -0.453. The van der Waals surface area contributed by atoms with Crippen LogP contribution in [0.5, 0.6) is 0 Å². The van der Waals surface area contributed by atoms with Gasteiger partial charge in [-0.2, -0.15) is 0 Å². The van der Waals surface area contributed by atoms with Crippen molar-refractivity contribution in [3.63, 3.8) is 0 Å². The van der Waals surface area contributed by atoms with E-state index in [9.17, 15) is 14.4 Å². The molecule has 0 aliphatic heterocycles. The van der Waals surface area contributed by atoms with Gasteiger partial charge in [0.2, 0.25) is 5.91 Å². The summed E-state index contributed by atoms with van der Waals surface area (Å²) in [6.07, 6.45) is 2.17. The lowest BCUT2D eigenvalue weighted by molar-refractivity contribution is -0.143. The Bertz CT molecular complexity index is 342. The topological polar surface area (TPSA) is 87.7 Å². The van der Waals surface area contributed by atoms with Gasteiger partial charge in [-0.3, -0.25) is 19.8 Å². The third-order valence-corrected chi connectivity index (χ3v) is 2.58. The number of nitrogens with one attached hydrogen (secondary N) is 2. The number of ether oxygens (including phenoxy) is 1. The Kier molecular flexibility index (Phi) is 6.27. The summed E-state index contributed by atoms with van der Waals surface area (Å²) in [5.74, 6) is -0.675. The van der Waals surface area contributed by atoms with Crippen LogP contribution in [0.2, 0.25) is 0 Å². The minimum Gasteiger partial charge on any atom is -0.466 e. The van der Waals surface area contributed by atoms with Gasteiger partial charge in [0.25, 0.3) is 0 Å². The van der Waals surface area contributed by atoms with Gasteiger partial charge in [0, 0.05) is 12.6 Å². The van der Waals surface area contributed by atoms with E-state index in [1.165, 1.54) is 0 Å². The third-order valence-electron chi connectivity index (χ3n) is 2.58. The number of urea groups is 1. The average Bonchev–Trinajstić information content (AvgIpc) is 3.10. The molecule has 1 aliphatic carbocycles. The summed E-state index contributed by atoms with van der Waals surface area (Å²) >= 11 is 0. The maximum atomic E-state index is 11.5. The van der Waals surface area contributed by atoms with E-state index in [0.29, 0.717) is 13.2 Å². The SMILES string of the molecule is CCOC(=O)CCN(C)CC(=O)NC(=O)NC1CC1. The lowest BCUT2D eigenvalue weighted by Gasteiger charge is -2.15. The molecule has 0 atom stereocenters. The number of imide groups is 1. The zero-order valence-electron chi connectivity index (χ0n) is 11.4. The molecule has 1 saturated carbocycles. The highest BCUT2D eigenvalue weighted by Crippen LogP contribution is 2.18. The van der Waals surface area contributed by atoms with Gasteiger partial charge in [0.05, 0.1) is 19.6 Å². The molecule has 0 saturated heterocycles. The fraction of sp³-hybridized carbons (Fsp3) is 0.750. The first-order valence-electron chi connectivity index (χ1n) is 6.45. The van der Waals surface area contributed by atoms with Crippen molar-refractivity contribution in [3.8, 4) is 0 Å². The first kappa shape index (κ1) is 15.4. The van der Waals surface area contributed by atoms with Crippen molar-refractivity contribution in [1.82, 2.24) is 15.5 Å². The second kappa shape index (κ2) is 7.73. The van der Waals surface area contributed by atoms with Gasteiger partial charge in [-0.15, -0.1) is 0 Å². The van der Waals surface area contributed by atoms with Crippen molar-refractivity contribution in [2.75, 3.05) is 26.7 Å². The average molecular weight is 271 g/mol. The molecule has 0 unspecified atom stereocenters. The van der Waals surface area contributed by atoms with Crippen molar-refractivity contribution in [3.05, 3.63) is 0 Å². The summed E-state index contributed by atoms with van der Waals surface area (Å²) in [5.41, 5.74) is 0. The molecule has 1 rings (SSSR count). The highest BCUT2D eigenvalue weighted by atomic mass is 16.5. The molecule has 19 heavy (non-hydrogen) atoms. The Labute approximate surface area is 112 Å². The van der Waals surface area contributed by atoms with Crippen LogP contribution in [0.3, 0.4) is 0 Å². The maximum absolute atomic E-state index is 11.5. The zero-order chi connectivity index (χ0) is 14.3. The number of amides is 3. The van der Waals surface area contributed by atoms with Crippen LogP contribution in [0.15, 0.2) is 0 Å². The van der Waals surface area contributed by atoms with Crippen molar-refractivity contribution >= 4 is 17.9 Å². The van der Waals surface area contributed by atoms with E-state index in [1.807, 2.05) is 0 Å². The lowest BCUT2D eigenvalue weighted by Crippen LogP contribution is -2.44. The number of rotatable bonds is 7. The van der Waals surface area contributed by atoms with Crippen LogP contribution >= 0.6 is 0 Å². The van der Waals surface area contributed by atoms with Gasteiger partial charge in [0.15, 0.2) is 0 Å². The number of carbonyl (C=O) groups is 3. The van der Waals surface area contributed by atoms with E-state index in [4.69, 9.17) is 4.74 Å². The molecule has 0 aromatic rings. The maximum Gasteiger partial charge on any atom is 0.321 e. The first-order chi connectivity index (χ1) is 9.01. The summed E-state index contributed by atoms with van der Waals surface area (Å²) in [6, 6.07) is -0.236. The van der Waals surface area contributed by atoms with E-state index >= 15 is 0 Å². The van der Waals surface area contributed by atoms with Gasteiger partial charge in [-0.25, -0.2) is 4.79 Å². The predicted octanol–water partition coefficient (Wildman–Crippen LogP) is -0.140. The van der Waals surface area contributed by atoms with E-state index in [1.54, 1.807) is 18.9 Å². The van der Waals surface area contributed by atoms with Gasteiger partial charge < -0.3 is 10.1 Å². The lowest BCUT2D eigenvalue weighted by atomic mass is 10.4. The molecule has 0 aromatic heterocycles. The molecule has 0 bridgehead atoms. The Hall–Kier alpha value is -1.63. The molecule has 0 spiro atoms. The van der Waals surface area contributed by atoms with E-state index < -0.39 is 6.03 Å². The number of likely N-dealkylation sites (N-methyl/N-ethyl adjacent to an activating group) is 1. The predicted molar refractivity (Wildman–Crippen MR) is 68.4 cm³/mol. The van der Waals surface area contributed by atoms with Crippen molar-refractivity contribution in [2.45, 2.75) is 32.2 Å². The quantitative estimate of drug-likeness (QED) is 0.629. The molecule has 3 amide bonds. The van der Waals surface area contributed by atoms with Crippen LogP contribution in [0.1, 0.15) is 26.2 Å². The zero-order valence-corrected chi connectivity index (χ0v) is 11.4. The molecule has 7 nitrogen and oxygen atoms in total. The Balaban J connectivity index is 2.12. The minimum absolute atomic E-state index is 0.0670. The summed E-state index contributed by atoms with van der Waals surface area (Å²) in [6.45, 7) is 2.58. The number of nitrogens with zero attached hydrogens (tertiary/aromatic N) is 1. The molecular weight excluding hydrogens is 250 g/mol. The third kappa shape index (κ3) is 7.40. The first-order valence-corrected chi connectivity index (χ1v) is 6.45. The smallest absolute Gasteiger partial charge is 0.321 e. The second-order valence-electron chi connectivity index (χ2n) is 4.59. The van der Waals surface area contributed by atoms with Gasteiger partial charge in [-0.05, 0) is 26.8 Å². The van der Waals surface area contributed by atoms with E-state index in [2.05, 4.69) is 10.6 Å². The highest BCUT2D eigenvalue weighted by molar-refractivity contribution is 5.95. The van der Waals surface area contributed by atoms with Crippen LogP contribution < -0.4 is 10.6 Å². The number of hydrogen-bond donors (Lipinski definition) is 2. The molecule has 1 fully saturated rings. The molecule has 1 aliphatic rings. The molecule has 0 heterocycles. The monoisotopic (exact) mass is 271 g/mol. The summed E-state index contributed by atoms with van der Waals surface area (Å²) < 4.78 is 4.78. The van der Waals surface area contributed by atoms with Crippen molar-refractivity contribution in [2.24, 2.45) is 0 Å². The normalized spacial score (nSPS) is 14.1. The van der Waals surface area contributed by atoms with Crippen LogP contribution in [0, 0.1) is 0 Å². The van der Waals surface area contributed by atoms with Crippen LogP contribution in [0.25, 0.3) is 0 Å². The van der Waals surface area contributed by atoms with Gasteiger partial charge >= 0.3 is 12.0 Å². The van der Waals surface area contributed by atoms with Gasteiger partial charge in [-0.1, -0.05) is 0 Å². The van der Waals surface area contributed by atoms with Crippen LogP contribution in [0.4, 0.5) is 4.79 Å².